The van der Waals surface area contributed by atoms with Gasteiger partial charge in [-0.05, 0) is 37.5 Å². The number of amides is 2. The van der Waals surface area contributed by atoms with Gasteiger partial charge in [-0.15, -0.1) is 4.28 Å². The van der Waals surface area contributed by atoms with E-state index < -0.39 is 22.5 Å². The maximum Gasteiger partial charge on any atom is 0.418 e. The largest absolute Gasteiger partial charge is 0.418 e. The predicted molar refractivity (Wildman–Crippen MR) is 97.5 cm³/mol. The molecule has 0 aromatic carbocycles. The number of nitrogens with zero attached hydrogens (tertiary/aromatic N) is 4. The van der Waals surface area contributed by atoms with Crippen LogP contribution >= 0.6 is 0 Å². The highest BCUT2D eigenvalue weighted by Gasteiger charge is 2.64. The molecular formula is C16H22N6O6S. The lowest BCUT2D eigenvalue weighted by Gasteiger charge is -2.35. The summed E-state index contributed by atoms with van der Waals surface area (Å²) in [6.45, 7) is 0.317. The number of nitrogens with two attached hydrogens (primary N) is 2. The Bertz CT molecular complexity index is 978. The van der Waals surface area contributed by atoms with Gasteiger partial charge in [-0.1, -0.05) is 5.16 Å². The Morgan fingerprint density at radius 3 is 2.72 bits per heavy atom. The van der Waals surface area contributed by atoms with Gasteiger partial charge in [-0.25, -0.2) is 4.79 Å². The van der Waals surface area contributed by atoms with Crippen LogP contribution in [0.15, 0.2) is 15.6 Å². The number of hydroxylamine groups is 2. The Hall–Kier alpha value is -2.38. The van der Waals surface area contributed by atoms with Crippen molar-refractivity contribution in [3.05, 3.63) is 17.5 Å². The van der Waals surface area contributed by atoms with E-state index in [-0.39, 0.29) is 29.4 Å². The fraction of sp³-hybridized carbons (Fsp3) is 0.688. The molecule has 1 aromatic rings. The van der Waals surface area contributed by atoms with Gasteiger partial charge < -0.3 is 20.9 Å². The van der Waals surface area contributed by atoms with Crippen molar-refractivity contribution < 1.29 is 26.6 Å². The maximum atomic E-state index is 12.8. The van der Waals surface area contributed by atoms with E-state index in [1.54, 1.807) is 0 Å². The molecule has 0 radical (unpaired) electrons. The van der Waals surface area contributed by atoms with Gasteiger partial charge in [0, 0.05) is 18.5 Å². The third-order valence-corrected chi connectivity index (χ3v) is 6.92. The van der Waals surface area contributed by atoms with Crippen molar-refractivity contribution in [2.75, 3.05) is 6.54 Å². The average molecular weight is 426 g/mol. The lowest BCUT2D eigenvalue weighted by molar-refractivity contribution is -0.0527. The van der Waals surface area contributed by atoms with Crippen LogP contribution in [-0.4, -0.2) is 58.7 Å². The second-order valence-corrected chi connectivity index (χ2v) is 9.40. The molecule has 0 unspecified atom stereocenters. The average Bonchev–Trinajstić information content (AvgIpc) is 3.08. The molecule has 12 nitrogen and oxygen atoms in total. The van der Waals surface area contributed by atoms with Gasteiger partial charge in [-0.2, -0.15) is 13.5 Å². The highest BCUT2D eigenvalue weighted by molar-refractivity contribution is 7.80. The number of carbonyl (C=O) groups excluding carboxylic acids is 1. The first-order valence-corrected chi connectivity index (χ1v) is 10.8. The number of urea groups is 1. The van der Waals surface area contributed by atoms with E-state index in [1.165, 1.54) is 4.90 Å². The van der Waals surface area contributed by atoms with Gasteiger partial charge in [0.05, 0.1) is 18.1 Å². The van der Waals surface area contributed by atoms with Crippen LogP contribution in [0.1, 0.15) is 55.5 Å². The summed E-state index contributed by atoms with van der Waals surface area (Å²) >= 11 is 0. The first kappa shape index (κ1) is 18.6. The first-order chi connectivity index (χ1) is 13.7. The van der Waals surface area contributed by atoms with Crippen molar-refractivity contribution in [2.45, 2.75) is 56.1 Å². The van der Waals surface area contributed by atoms with Crippen molar-refractivity contribution in [2.24, 2.45) is 21.9 Å². The molecule has 29 heavy (non-hydrogen) atoms. The topological polar surface area (TPSA) is 178 Å². The van der Waals surface area contributed by atoms with Crippen LogP contribution < -0.4 is 11.5 Å². The highest BCUT2D eigenvalue weighted by atomic mass is 32.3. The molecule has 5 rings (SSSR count). The van der Waals surface area contributed by atoms with Crippen molar-refractivity contribution in [1.82, 2.24) is 15.1 Å². The van der Waals surface area contributed by atoms with Gasteiger partial charge in [0.25, 0.3) is 0 Å². The molecule has 2 atom stereocenters. The van der Waals surface area contributed by atoms with Gasteiger partial charge in [0.1, 0.15) is 11.5 Å². The van der Waals surface area contributed by atoms with Crippen LogP contribution in [0.3, 0.4) is 0 Å². The number of piperidine rings is 1. The minimum absolute atomic E-state index is 0.0717. The standard InChI is InChI=1S/C16H22N6O6S/c17-14(18)19-9-3-8(4-9)12-5-10(20-27-12)11-6-16(1-2-16)13-7-21(11)15(23)22(13)28-29(24,25)26/h5,8-9,11,13H,1-4,6-7H2,(H4,17,18,19)(H,24,25,26)/t8?,9?,11-,13-/m0/s1. The summed E-state index contributed by atoms with van der Waals surface area (Å²) in [6.07, 6.45) is 3.88. The SMILES string of the molecule is NC(N)=NC1CC(c2cc([C@@H]3CC4(CC4)[C@@H]4CN3C(=O)N4OS(=O)(=O)O)no2)C1. The van der Waals surface area contributed by atoms with E-state index in [1.807, 2.05) is 6.07 Å². The molecule has 3 heterocycles. The fourth-order valence-corrected chi connectivity index (χ4v) is 5.24. The number of hydrogen-bond acceptors (Lipinski definition) is 7. The zero-order chi connectivity index (χ0) is 20.6. The van der Waals surface area contributed by atoms with Crippen LogP contribution in [0, 0.1) is 5.41 Å². The number of aromatic nitrogens is 1. The summed E-state index contributed by atoms with van der Waals surface area (Å²) in [4.78, 5) is 18.4. The summed E-state index contributed by atoms with van der Waals surface area (Å²) < 4.78 is 41.5. The van der Waals surface area contributed by atoms with Gasteiger partial charge in [0.2, 0.25) is 0 Å². The Morgan fingerprint density at radius 1 is 1.38 bits per heavy atom. The molecule has 2 bridgehead atoms. The van der Waals surface area contributed by atoms with Crippen LogP contribution in [0.25, 0.3) is 0 Å². The molecule has 2 saturated carbocycles. The van der Waals surface area contributed by atoms with Crippen LogP contribution in [-0.2, 0) is 14.7 Å². The normalized spacial score (nSPS) is 32.4. The van der Waals surface area contributed by atoms with E-state index in [4.69, 9.17) is 20.5 Å². The molecule has 4 fully saturated rings. The van der Waals surface area contributed by atoms with E-state index in [0.717, 1.165) is 36.5 Å². The second kappa shape index (κ2) is 6.06. The van der Waals surface area contributed by atoms with Crippen molar-refractivity contribution in [3.8, 4) is 0 Å². The van der Waals surface area contributed by atoms with Crippen LogP contribution in [0.4, 0.5) is 4.79 Å². The molecule has 13 heteroatoms. The molecule has 5 N–H and O–H groups in total. The Morgan fingerprint density at radius 2 is 2.10 bits per heavy atom. The maximum absolute atomic E-state index is 12.8. The lowest BCUT2D eigenvalue weighted by Crippen LogP contribution is -2.43. The number of guanidine groups is 1. The Kier molecular flexibility index (Phi) is 3.89. The molecule has 2 aliphatic carbocycles. The molecular weight excluding hydrogens is 404 g/mol. The predicted octanol–water partition coefficient (Wildman–Crippen LogP) is 0.260. The third kappa shape index (κ3) is 3.13. The molecule has 1 spiro atoms. The summed E-state index contributed by atoms with van der Waals surface area (Å²) in [5.41, 5.74) is 11.2. The number of fused-ring (bicyclic) bond motifs is 3. The number of hydrogen-bond donors (Lipinski definition) is 3. The van der Waals surface area contributed by atoms with Crippen LogP contribution in [0.5, 0.6) is 0 Å². The molecule has 158 valence electrons. The van der Waals surface area contributed by atoms with E-state index >= 15 is 0 Å². The quantitative estimate of drug-likeness (QED) is 0.338. The summed E-state index contributed by atoms with van der Waals surface area (Å²) in [6, 6.07) is 0.600. The van der Waals surface area contributed by atoms with E-state index in [2.05, 4.69) is 14.4 Å². The molecule has 2 amide bonds. The van der Waals surface area contributed by atoms with Crippen molar-refractivity contribution in [3.63, 3.8) is 0 Å². The molecule has 2 saturated heterocycles. The summed E-state index contributed by atoms with van der Waals surface area (Å²) in [5, 5.41) is 4.99. The molecule has 1 aromatic heterocycles. The second-order valence-electron chi connectivity index (χ2n) is 8.39. The minimum Gasteiger partial charge on any atom is -0.370 e. The van der Waals surface area contributed by atoms with Crippen molar-refractivity contribution in [1.29, 1.82) is 0 Å². The van der Waals surface area contributed by atoms with E-state index in [0.29, 0.717) is 18.7 Å². The Balaban J connectivity index is 1.35. The Labute approximate surface area is 166 Å². The van der Waals surface area contributed by atoms with Gasteiger partial charge >= 0.3 is 16.4 Å². The van der Waals surface area contributed by atoms with Crippen molar-refractivity contribution >= 4 is 22.4 Å². The number of aliphatic imine (C=N–C) groups is 1. The smallest absolute Gasteiger partial charge is 0.370 e. The van der Waals surface area contributed by atoms with Crippen LogP contribution in [0.2, 0.25) is 0 Å². The summed E-state index contributed by atoms with van der Waals surface area (Å²) in [7, 11) is -4.78. The third-order valence-electron chi connectivity index (χ3n) is 6.57. The number of carbonyl (C=O) groups is 1. The summed E-state index contributed by atoms with van der Waals surface area (Å²) in [5.74, 6) is 0.971. The monoisotopic (exact) mass is 426 g/mol. The molecule has 2 aliphatic heterocycles. The molecule has 4 aliphatic rings. The highest BCUT2D eigenvalue weighted by Crippen LogP contribution is 2.62. The lowest BCUT2D eigenvalue weighted by atomic mass is 9.78. The first-order valence-electron chi connectivity index (χ1n) is 9.47. The number of rotatable bonds is 5. The van der Waals surface area contributed by atoms with Gasteiger partial charge in [-0.3, -0.25) is 9.55 Å². The zero-order valence-corrected chi connectivity index (χ0v) is 16.3. The minimum atomic E-state index is -4.78. The van der Waals surface area contributed by atoms with Gasteiger partial charge in [0.15, 0.2) is 5.96 Å². The van der Waals surface area contributed by atoms with E-state index in [9.17, 15) is 13.2 Å². The zero-order valence-electron chi connectivity index (χ0n) is 15.5. The fourth-order valence-electron chi connectivity index (χ4n) is 4.87.